The first-order chi connectivity index (χ1) is 11.7. The highest BCUT2D eigenvalue weighted by Crippen LogP contribution is 2.25. The van der Waals surface area contributed by atoms with Crippen LogP contribution in [0, 0.1) is 6.92 Å². The third-order valence-electron chi connectivity index (χ3n) is 3.78. The zero-order chi connectivity index (χ0) is 16.5. The van der Waals surface area contributed by atoms with Crippen LogP contribution in [0.15, 0.2) is 33.2 Å². The average molecular weight is 328 g/mol. The number of morpholine rings is 1. The zero-order valence-electron chi connectivity index (χ0n) is 13.1. The Balaban J connectivity index is 1.55. The molecule has 1 fully saturated rings. The summed E-state index contributed by atoms with van der Waals surface area (Å²) in [7, 11) is 0. The van der Waals surface area contributed by atoms with Gasteiger partial charge in [0.05, 0.1) is 13.2 Å². The van der Waals surface area contributed by atoms with Crippen molar-refractivity contribution in [3.05, 3.63) is 35.7 Å². The predicted molar refractivity (Wildman–Crippen MR) is 86.2 cm³/mol. The minimum Gasteiger partial charge on any atom is -0.423 e. The second-order valence-electron chi connectivity index (χ2n) is 5.56. The topological polar surface area (TPSA) is 93.6 Å². The van der Waals surface area contributed by atoms with Gasteiger partial charge in [0.1, 0.15) is 11.3 Å². The molecule has 1 saturated heterocycles. The lowest BCUT2D eigenvalue weighted by atomic mass is 10.2. The van der Waals surface area contributed by atoms with Gasteiger partial charge < -0.3 is 23.9 Å². The predicted octanol–water partition coefficient (Wildman–Crippen LogP) is 2.21. The van der Waals surface area contributed by atoms with E-state index in [9.17, 15) is 4.79 Å². The summed E-state index contributed by atoms with van der Waals surface area (Å²) in [5.41, 5.74) is 2.20. The Bertz CT molecular complexity index is 879. The molecular formula is C16H16N4O4. The van der Waals surface area contributed by atoms with Gasteiger partial charge >= 0.3 is 0 Å². The minimum atomic E-state index is -0.334. The summed E-state index contributed by atoms with van der Waals surface area (Å²) in [6.45, 7) is 4.57. The van der Waals surface area contributed by atoms with Crippen LogP contribution in [0.25, 0.3) is 11.1 Å². The third kappa shape index (κ3) is 2.83. The maximum atomic E-state index is 12.1. The van der Waals surface area contributed by atoms with Gasteiger partial charge in [-0.1, -0.05) is 5.16 Å². The van der Waals surface area contributed by atoms with Crippen molar-refractivity contribution in [2.75, 3.05) is 36.5 Å². The van der Waals surface area contributed by atoms with Crippen LogP contribution >= 0.6 is 0 Å². The number of hydrogen-bond acceptors (Lipinski definition) is 7. The maximum Gasteiger partial charge on any atom is 0.298 e. The fraction of sp³-hybridized carbons (Fsp3) is 0.312. The van der Waals surface area contributed by atoms with Crippen LogP contribution < -0.4 is 10.2 Å². The highest BCUT2D eigenvalue weighted by atomic mass is 16.5. The van der Waals surface area contributed by atoms with Crippen LogP contribution in [0.2, 0.25) is 0 Å². The van der Waals surface area contributed by atoms with Crippen molar-refractivity contribution < 1.29 is 18.5 Å². The number of rotatable bonds is 3. The molecule has 0 bridgehead atoms. The van der Waals surface area contributed by atoms with Crippen LogP contribution in [0.4, 0.5) is 11.7 Å². The van der Waals surface area contributed by atoms with E-state index in [-0.39, 0.29) is 11.6 Å². The molecule has 4 rings (SSSR count). The molecule has 1 aliphatic rings. The number of fused-ring (bicyclic) bond motifs is 1. The van der Waals surface area contributed by atoms with E-state index in [1.54, 1.807) is 25.1 Å². The molecule has 1 amide bonds. The number of nitrogens with zero attached hydrogens (tertiary/aromatic N) is 3. The Hall–Kier alpha value is -2.87. The molecule has 1 N–H and O–H groups in total. The second-order valence-corrected chi connectivity index (χ2v) is 5.56. The molecule has 0 saturated carbocycles. The Labute approximate surface area is 137 Å². The van der Waals surface area contributed by atoms with E-state index in [0.29, 0.717) is 36.3 Å². The van der Waals surface area contributed by atoms with Crippen molar-refractivity contribution in [2.24, 2.45) is 0 Å². The van der Waals surface area contributed by atoms with Crippen LogP contribution in [0.1, 0.15) is 16.2 Å². The largest absolute Gasteiger partial charge is 0.423 e. The first-order valence-corrected chi connectivity index (χ1v) is 7.67. The Morgan fingerprint density at radius 1 is 1.25 bits per heavy atom. The lowest BCUT2D eigenvalue weighted by Crippen LogP contribution is -2.36. The van der Waals surface area contributed by atoms with Crippen LogP contribution in [0.5, 0.6) is 0 Å². The number of benzene rings is 1. The molecule has 0 spiro atoms. The standard InChI is InChI=1S/C16H16N4O4/c1-10-8-13(19-24-10)15(21)17-11-2-3-12-14(9-11)23-16(18-12)20-4-6-22-7-5-20/h2-3,8-9H,4-7H2,1H3,(H,17,21). The summed E-state index contributed by atoms with van der Waals surface area (Å²) >= 11 is 0. The van der Waals surface area contributed by atoms with Gasteiger partial charge in [-0.2, -0.15) is 4.98 Å². The summed E-state index contributed by atoms with van der Waals surface area (Å²) in [5.74, 6) is 0.250. The SMILES string of the molecule is Cc1cc(C(=O)Nc2ccc3nc(N4CCOCC4)oc3c2)no1. The number of carbonyl (C=O) groups is 1. The number of aryl methyl sites for hydroxylation is 1. The summed E-state index contributed by atoms with van der Waals surface area (Å²) in [5, 5.41) is 6.47. The molecule has 0 unspecified atom stereocenters. The number of hydrogen-bond donors (Lipinski definition) is 1. The lowest BCUT2D eigenvalue weighted by molar-refractivity contribution is 0.101. The van der Waals surface area contributed by atoms with Crippen molar-refractivity contribution in [1.82, 2.24) is 10.1 Å². The van der Waals surface area contributed by atoms with E-state index in [4.69, 9.17) is 13.7 Å². The van der Waals surface area contributed by atoms with Gasteiger partial charge in [0.25, 0.3) is 11.9 Å². The highest BCUT2D eigenvalue weighted by molar-refractivity contribution is 6.03. The normalized spacial score (nSPS) is 15.0. The first kappa shape index (κ1) is 14.7. The van der Waals surface area contributed by atoms with Gasteiger partial charge in [-0.15, -0.1) is 0 Å². The van der Waals surface area contributed by atoms with Crippen molar-refractivity contribution >= 4 is 28.7 Å². The van der Waals surface area contributed by atoms with E-state index >= 15 is 0 Å². The van der Waals surface area contributed by atoms with E-state index < -0.39 is 0 Å². The number of nitrogens with one attached hydrogen (secondary N) is 1. The molecule has 1 aliphatic heterocycles. The quantitative estimate of drug-likeness (QED) is 0.787. The molecule has 2 aromatic heterocycles. The second kappa shape index (κ2) is 5.97. The highest BCUT2D eigenvalue weighted by Gasteiger charge is 2.18. The molecule has 24 heavy (non-hydrogen) atoms. The molecule has 8 heteroatoms. The number of aromatic nitrogens is 2. The minimum absolute atomic E-state index is 0.235. The fourth-order valence-corrected chi connectivity index (χ4v) is 2.55. The number of carbonyl (C=O) groups excluding carboxylic acids is 1. The van der Waals surface area contributed by atoms with Crippen molar-refractivity contribution in [2.45, 2.75) is 6.92 Å². The lowest BCUT2D eigenvalue weighted by Gasteiger charge is -2.24. The molecule has 0 aliphatic carbocycles. The molecule has 0 radical (unpaired) electrons. The van der Waals surface area contributed by atoms with E-state index in [0.717, 1.165) is 18.6 Å². The third-order valence-corrected chi connectivity index (χ3v) is 3.78. The Morgan fingerprint density at radius 2 is 2.08 bits per heavy atom. The monoisotopic (exact) mass is 328 g/mol. The summed E-state index contributed by atoms with van der Waals surface area (Å²) in [6.07, 6.45) is 0. The van der Waals surface area contributed by atoms with Gasteiger partial charge in [-0.3, -0.25) is 4.79 Å². The average Bonchev–Trinajstić information content (AvgIpc) is 3.21. The summed E-state index contributed by atoms with van der Waals surface area (Å²) in [6, 6.07) is 7.49. The van der Waals surface area contributed by atoms with E-state index in [2.05, 4.69) is 15.5 Å². The van der Waals surface area contributed by atoms with Gasteiger partial charge in [-0.25, -0.2) is 0 Å². The number of amides is 1. The van der Waals surface area contributed by atoms with Gasteiger partial charge in [0.15, 0.2) is 11.3 Å². The molecular weight excluding hydrogens is 312 g/mol. The Kier molecular flexibility index (Phi) is 3.66. The van der Waals surface area contributed by atoms with Crippen molar-refractivity contribution in [3.8, 4) is 0 Å². The van der Waals surface area contributed by atoms with Crippen LogP contribution in [-0.2, 0) is 4.74 Å². The number of anilines is 2. The number of oxazole rings is 1. The molecule has 8 nitrogen and oxygen atoms in total. The molecule has 1 aromatic carbocycles. The van der Waals surface area contributed by atoms with Gasteiger partial charge in [0, 0.05) is 30.9 Å². The van der Waals surface area contributed by atoms with Gasteiger partial charge in [-0.05, 0) is 19.1 Å². The molecule has 124 valence electrons. The maximum absolute atomic E-state index is 12.1. The van der Waals surface area contributed by atoms with Crippen LogP contribution in [-0.4, -0.2) is 42.4 Å². The molecule has 3 heterocycles. The number of ether oxygens (including phenoxy) is 1. The Morgan fingerprint density at radius 3 is 2.83 bits per heavy atom. The molecule has 0 atom stereocenters. The van der Waals surface area contributed by atoms with E-state index in [1.807, 2.05) is 11.0 Å². The first-order valence-electron chi connectivity index (χ1n) is 7.67. The smallest absolute Gasteiger partial charge is 0.298 e. The van der Waals surface area contributed by atoms with Crippen molar-refractivity contribution in [3.63, 3.8) is 0 Å². The van der Waals surface area contributed by atoms with E-state index in [1.165, 1.54) is 0 Å². The summed E-state index contributed by atoms with van der Waals surface area (Å²) in [4.78, 5) is 18.6. The zero-order valence-corrected chi connectivity index (χ0v) is 13.1. The van der Waals surface area contributed by atoms with Gasteiger partial charge in [0.2, 0.25) is 0 Å². The van der Waals surface area contributed by atoms with Crippen molar-refractivity contribution in [1.29, 1.82) is 0 Å². The van der Waals surface area contributed by atoms with Crippen LogP contribution in [0.3, 0.4) is 0 Å². The fourth-order valence-electron chi connectivity index (χ4n) is 2.55. The molecule has 3 aromatic rings. The summed E-state index contributed by atoms with van der Waals surface area (Å²) < 4.78 is 16.1.